The van der Waals surface area contributed by atoms with E-state index in [0.29, 0.717) is 42.7 Å². The van der Waals surface area contributed by atoms with E-state index in [2.05, 4.69) is 28.2 Å². The highest BCUT2D eigenvalue weighted by Gasteiger charge is 2.29. The van der Waals surface area contributed by atoms with E-state index in [4.69, 9.17) is 29.0 Å². The molecule has 2 atom stereocenters. The third-order valence-electron chi connectivity index (χ3n) is 7.59. The molecule has 1 amide bonds. The van der Waals surface area contributed by atoms with Gasteiger partial charge in [0, 0.05) is 30.3 Å². The molecule has 2 aliphatic rings. The fourth-order valence-electron chi connectivity index (χ4n) is 5.55. The number of nitrogens with zero attached hydrogens (tertiary/aromatic N) is 6. The molecule has 0 N–H and O–H groups in total. The van der Waals surface area contributed by atoms with Crippen LogP contribution in [-0.4, -0.2) is 74.2 Å². The molecule has 1 aromatic carbocycles. The van der Waals surface area contributed by atoms with Crippen LogP contribution in [0.2, 0.25) is 0 Å². The largest absolute Gasteiger partial charge is 0.495 e. The van der Waals surface area contributed by atoms with Gasteiger partial charge in [0.05, 0.1) is 37.8 Å². The average molecular weight is 587 g/mol. The summed E-state index contributed by atoms with van der Waals surface area (Å²) in [7, 11) is 1.63. The number of carbonyl (C=O) groups excluding carboxylic acids is 1. The van der Waals surface area contributed by atoms with Crippen molar-refractivity contribution in [1.82, 2.24) is 29.6 Å². The van der Waals surface area contributed by atoms with Crippen LogP contribution in [0.15, 0.2) is 49.1 Å². The molecular weight excluding hydrogens is 548 g/mol. The van der Waals surface area contributed by atoms with Gasteiger partial charge < -0.3 is 23.8 Å². The van der Waals surface area contributed by atoms with Crippen LogP contribution in [0, 0.1) is 0 Å². The van der Waals surface area contributed by atoms with Gasteiger partial charge in [0.25, 0.3) is 0 Å². The zero-order valence-electron chi connectivity index (χ0n) is 25.2. The van der Waals surface area contributed by atoms with Gasteiger partial charge in [0.1, 0.15) is 28.8 Å². The number of piperidine rings is 1. The second-order valence-corrected chi connectivity index (χ2v) is 12.0. The second-order valence-electron chi connectivity index (χ2n) is 12.0. The van der Waals surface area contributed by atoms with Crippen molar-refractivity contribution < 1.29 is 23.7 Å². The van der Waals surface area contributed by atoms with Gasteiger partial charge in [0.2, 0.25) is 5.88 Å². The van der Waals surface area contributed by atoms with Crippen LogP contribution in [0.3, 0.4) is 0 Å². The fourth-order valence-corrected chi connectivity index (χ4v) is 5.55. The molecule has 11 heteroatoms. The lowest BCUT2D eigenvalue weighted by Gasteiger charge is -2.33. The number of benzene rings is 1. The monoisotopic (exact) mass is 586 g/mol. The smallest absolute Gasteiger partial charge is 0.410 e. The number of amides is 1. The first kappa shape index (κ1) is 28.9. The van der Waals surface area contributed by atoms with Crippen LogP contribution in [0.5, 0.6) is 11.6 Å². The van der Waals surface area contributed by atoms with Crippen LogP contribution >= 0.6 is 0 Å². The lowest BCUT2D eigenvalue weighted by molar-refractivity contribution is -0.0365. The third kappa shape index (κ3) is 6.56. The summed E-state index contributed by atoms with van der Waals surface area (Å²) in [5.41, 5.74) is 3.60. The van der Waals surface area contributed by atoms with Gasteiger partial charge in [-0.15, -0.1) is 0 Å². The van der Waals surface area contributed by atoms with Crippen molar-refractivity contribution >= 4 is 17.0 Å². The number of hydrogen-bond acceptors (Lipinski definition) is 9. The minimum Gasteiger partial charge on any atom is -0.495 e. The molecule has 0 radical (unpaired) electrons. The zero-order chi connectivity index (χ0) is 30.0. The van der Waals surface area contributed by atoms with Crippen LogP contribution < -0.4 is 9.47 Å². The summed E-state index contributed by atoms with van der Waals surface area (Å²) >= 11 is 0. The molecule has 43 heavy (non-hydrogen) atoms. The highest BCUT2D eigenvalue weighted by atomic mass is 16.6. The molecular formula is C32H38N6O5. The Bertz CT molecular complexity index is 1590. The number of ether oxygens (including phenoxy) is 4. The molecule has 2 fully saturated rings. The molecule has 0 saturated carbocycles. The number of likely N-dealkylation sites (tertiary alicyclic amines) is 1. The van der Waals surface area contributed by atoms with Gasteiger partial charge in [-0.25, -0.2) is 14.5 Å². The first-order valence-corrected chi connectivity index (χ1v) is 14.9. The second kappa shape index (κ2) is 12.2. The Hall–Kier alpha value is -4.25. The van der Waals surface area contributed by atoms with Gasteiger partial charge >= 0.3 is 6.09 Å². The predicted octanol–water partition coefficient (Wildman–Crippen LogP) is 6.04. The maximum Gasteiger partial charge on any atom is 0.410 e. The molecule has 2 saturated heterocycles. The van der Waals surface area contributed by atoms with Crippen LogP contribution in [0.25, 0.3) is 33.4 Å². The molecule has 0 bridgehead atoms. The van der Waals surface area contributed by atoms with Crippen LogP contribution in [0.4, 0.5) is 4.79 Å². The van der Waals surface area contributed by atoms with Crippen molar-refractivity contribution in [2.75, 3.05) is 26.8 Å². The topological polar surface area (TPSA) is 114 Å². The third-order valence-corrected chi connectivity index (χ3v) is 7.59. The molecule has 0 spiro atoms. The van der Waals surface area contributed by atoms with Gasteiger partial charge in [0.15, 0.2) is 6.23 Å². The zero-order valence-corrected chi connectivity index (χ0v) is 25.2. The van der Waals surface area contributed by atoms with E-state index in [1.807, 2.05) is 37.7 Å². The van der Waals surface area contributed by atoms with E-state index in [-0.39, 0.29) is 18.4 Å². The van der Waals surface area contributed by atoms with E-state index >= 15 is 0 Å². The van der Waals surface area contributed by atoms with Gasteiger partial charge in [-0.2, -0.15) is 5.10 Å². The van der Waals surface area contributed by atoms with Crippen molar-refractivity contribution in [3.63, 3.8) is 0 Å². The van der Waals surface area contributed by atoms with Gasteiger partial charge in [-0.1, -0.05) is 6.07 Å². The first-order valence-electron chi connectivity index (χ1n) is 14.9. The Morgan fingerprint density at radius 1 is 1.00 bits per heavy atom. The Morgan fingerprint density at radius 3 is 2.65 bits per heavy atom. The number of fused-ring (bicyclic) bond motifs is 1. The molecule has 5 heterocycles. The summed E-state index contributed by atoms with van der Waals surface area (Å²) < 4.78 is 25.3. The molecule has 226 valence electrons. The van der Waals surface area contributed by atoms with E-state index in [9.17, 15) is 4.79 Å². The Kier molecular flexibility index (Phi) is 8.16. The molecule has 2 unspecified atom stereocenters. The Labute approximate surface area is 251 Å². The predicted molar refractivity (Wildman–Crippen MR) is 161 cm³/mol. The standard InChI is InChI=1S/C32H38N6O5/c1-32(2,3)43-31(39)37-12-7-8-23(20-37)42-28-19-34-18-26(35-28)30-25-15-21(22-14-24(40-4)17-33-16-22)10-11-27(25)38(36-30)29-9-5-6-13-41-29/h10-11,14-19,23,29H,5-9,12-13,20H2,1-4H3. The molecule has 4 aromatic rings. The fraction of sp³-hybridized carbons (Fsp3) is 0.469. The highest BCUT2D eigenvalue weighted by molar-refractivity contribution is 5.95. The minimum atomic E-state index is -0.553. The average Bonchev–Trinajstić information content (AvgIpc) is 3.40. The quantitative estimate of drug-likeness (QED) is 0.267. The van der Waals surface area contributed by atoms with E-state index in [1.54, 1.807) is 30.6 Å². The maximum absolute atomic E-state index is 12.7. The van der Waals surface area contributed by atoms with Gasteiger partial charge in [-0.05, 0) is 76.6 Å². The Morgan fingerprint density at radius 2 is 1.86 bits per heavy atom. The summed E-state index contributed by atoms with van der Waals surface area (Å²) in [6.45, 7) is 7.37. The van der Waals surface area contributed by atoms with Crippen molar-refractivity contribution in [2.45, 2.75) is 70.8 Å². The summed E-state index contributed by atoms with van der Waals surface area (Å²) in [4.78, 5) is 28.0. The molecule has 2 aliphatic heterocycles. The minimum absolute atomic E-state index is 0.150. The van der Waals surface area contributed by atoms with E-state index < -0.39 is 5.60 Å². The number of rotatable bonds is 6. The van der Waals surface area contributed by atoms with Crippen molar-refractivity contribution in [3.05, 3.63) is 49.1 Å². The molecule has 6 rings (SSSR count). The normalized spacial score (nSPS) is 19.3. The molecule has 11 nitrogen and oxygen atoms in total. The SMILES string of the molecule is COc1cncc(-c2ccc3c(c2)c(-c2cncc(OC4CCCN(C(=O)OC(C)(C)C)C4)n2)nn3C2CCCCO2)c1. The molecule has 0 aliphatic carbocycles. The van der Waals surface area contributed by atoms with Crippen LogP contribution in [0.1, 0.15) is 59.1 Å². The maximum atomic E-state index is 12.7. The highest BCUT2D eigenvalue weighted by Crippen LogP contribution is 2.35. The summed E-state index contributed by atoms with van der Waals surface area (Å²) in [5.74, 6) is 1.08. The number of hydrogen-bond donors (Lipinski definition) is 0. The van der Waals surface area contributed by atoms with Crippen molar-refractivity contribution in [2.24, 2.45) is 0 Å². The van der Waals surface area contributed by atoms with E-state index in [0.717, 1.165) is 54.1 Å². The van der Waals surface area contributed by atoms with Crippen molar-refractivity contribution in [1.29, 1.82) is 0 Å². The number of methoxy groups -OCH3 is 1. The Balaban J connectivity index is 1.32. The number of carbonyl (C=O) groups is 1. The first-order chi connectivity index (χ1) is 20.8. The lowest BCUT2D eigenvalue weighted by Crippen LogP contribution is -2.46. The number of aromatic nitrogens is 5. The molecule has 3 aromatic heterocycles. The van der Waals surface area contributed by atoms with E-state index in [1.165, 1.54) is 0 Å². The number of pyridine rings is 1. The van der Waals surface area contributed by atoms with Crippen LogP contribution in [-0.2, 0) is 9.47 Å². The summed E-state index contributed by atoms with van der Waals surface area (Å²) in [6.07, 6.45) is 10.8. The van der Waals surface area contributed by atoms with Gasteiger partial charge in [-0.3, -0.25) is 9.97 Å². The van der Waals surface area contributed by atoms with Crippen molar-refractivity contribution in [3.8, 4) is 34.1 Å². The lowest BCUT2D eigenvalue weighted by atomic mass is 10.0. The summed E-state index contributed by atoms with van der Waals surface area (Å²) in [5, 5.41) is 5.96. The summed E-state index contributed by atoms with van der Waals surface area (Å²) in [6, 6.07) is 8.19.